The van der Waals surface area contributed by atoms with Crippen LogP contribution in [-0.4, -0.2) is 19.5 Å². The molecule has 1 aromatic carbocycles. The van der Waals surface area contributed by atoms with Crippen LogP contribution < -0.4 is 0 Å². The zero-order valence-corrected chi connectivity index (χ0v) is 9.26. The quantitative estimate of drug-likeness (QED) is 0.690. The van der Waals surface area contributed by atoms with Crippen molar-refractivity contribution in [3.05, 3.63) is 33.8 Å². The SMILES string of the molecule is ClC(=[Se])c1cccc(Cl)c1Cl. The van der Waals surface area contributed by atoms with Crippen LogP contribution >= 0.6 is 34.8 Å². The monoisotopic (exact) mass is 272 g/mol. The molecule has 0 aliphatic rings. The summed E-state index contributed by atoms with van der Waals surface area (Å²) >= 11 is 19.9. The van der Waals surface area contributed by atoms with Gasteiger partial charge in [-0.25, -0.2) is 0 Å². The van der Waals surface area contributed by atoms with E-state index < -0.39 is 0 Å². The van der Waals surface area contributed by atoms with Crippen LogP contribution in [0.25, 0.3) is 0 Å². The van der Waals surface area contributed by atoms with Crippen molar-refractivity contribution >= 4 is 54.3 Å². The van der Waals surface area contributed by atoms with Gasteiger partial charge in [-0.15, -0.1) is 0 Å². The molecule has 0 aliphatic carbocycles. The maximum absolute atomic E-state index is 5.83. The molecule has 0 atom stereocenters. The van der Waals surface area contributed by atoms with Gasteiger partial charge in [0.1, 0.15) is 0 Å². The predicted molar refractivity (Wildman–Crippen MR) is 52.2 cm³/mol. The Hall–Kier alpha value is 0.479. The molecule has 0 fully saturated rings. The van der Waals surface area contributed by atoms with E-state index in [-0.39, 0.29) is 0 Å². The number of benzene rings is 1. The van der Waals surface area contributed by atoms with E-state index in [2.05, 4.69) is 15.6 Å². The van der Waals surface area contributed by atoms with E-state index in [1.165, 1.54) is 0 Å². The van der Waals surface area contributed by atoms with Gasteiger partial charge in [0, 0.05) is 0 Å². The van der Waals surface area contributed by atoms with Gasteiger partial charge in [-0.1, -0.05) is 0 Å². The molecule has 1 rings (SSSR count). The zero-order chi connectivity index (χ0) is 8.43. The van der Waals surface area contributed by atoms with Crippen molar-refractivity contribution in [3.63, 3.8) is 0 Å². The number of halogens is 3. The number of hydrogen-bond donors (Lipinski definition) is 0. The fourth-order valence-corrected chi connectivity index (χ4v) is 1.74. The molecule has 0 amide bonds. The van der Waals surface area contributed by atoms with E-state index >= 15 is 0 Å². The Bertz CT molecular complexity index is 296. The van der Waals surface area contributed by atoms with Gasteiger partial charge in [0.2, 0.25) is 0 Å². The molecule has 0 spiro atoms. The molecular weight excluding hydrogens is 269 g/mol. The van der Waals surface area contributed by atoms with Gasteiger partial charge in [-0.3, -0.25) is 0 Å². The second-order valence-electron chi connectivity index (χ2n) is 1.88. The Morgan fingerprint density at radius 1 is 1.27 bits per heavy atom. The second-order valence-corrected chi connectivity index (χ2v) is 4.40. The third kappa shape index (κ3) is 2.21. The average molecular weight is 272 g/mol. The molecule has 0 nitrogen and oxygen atoms in total. The van der Waals surface area contributed by atoms with E-state index in [9.17, 15) is 0 Å². The average Bonchev–Trinajstić information content (AvgIpc) is 1.94. The Morgan fingerprint density at radius 2 is 1.91 bits per heavy atom. The van der Waals surface area contributed by atoms with Crippen LogP contribution in [0.3, 0.4) is 0 Å². The van der Waals surface area contributed by atoms with Crippen LogP contribution in [0.4, 0.5) is 0 Å². The molecule has 4 heteroatoms. The molecule has 0 radical (unpaired) electrons. The van der Waals surface area contributed by atoms with Crippen LogP contribution in [0.5, 0.6) is 0 Å². The van der Waals surface area contributed by atoms with Crippen LogP contribution in [0.15, 0.2) is 18.2 Å². The van der Waals surface area contributed by atoms with Crippen molar-refractivity contribution < 1.29 is 0 Å². The Kier molecular flexibility index (Phi) is 3.42. The van der Waals surface area contributed by atoms with E-state index in [0.29, 0.717) is 13.9 Å². The Balaban J connectivity index is 3.27. The maximum atomic E-state index is 5.83. The first-order chi connectivity index (χ1) is 5.13. The molecule has 0 N–H and O–H groups in total. The fraction of sp³-hybridized carbons (Fsp3) is 0. The van der Waals surface area contributed by atoms with Gasteiger partial charge in [0.25, 0.3) is 0 Å². The zero-order valence-electron chi connectivity index (χ0n) is 5.27. The summed E-state index contributed by atoms with van der Waals surface area (Å²) in [5.41, 5.74) is 0.737. The third-order valence-electron chi connectivity index (χ3n) is 1.16. The molecule has 0 saturated heterocycles. The summed E-state index contributed by atoms with van der Waals surface area (Å²) in [5.74, 6) is 0. The van der Waals surface area contributed by atoms with E-state index in [4.69, 9.17) is 34.8 Å². The molecule has 0 saturated carbocycles. The van der Waals surface area contributed by atoms with Gasteiger partial charge < -0.3 is 0 Å². The van der Waals surface area contributed by atoms with Crippen molar-refractivity contribution in [1.29, 1.82) is 0 Å². The van der Waals surface area contributed by atoms with Crippen LogP contribution in [0.1, 0.15) is 5.56 Å². The third-order valence-corrected chi connectivity index (χ3v) is 2.65. The summed E-state index contributed by atoms with van der Waals surface area (Å²) in [6.07, 6.45) is 0. The molecule has 0 unspecified atom stereocenters. The van der Waals surface area contributed by atoms with Gasteiger partial charge in [-0.05, 0) is 0 Å². The topological polar surface area (TPSA) is 0 Å². The number of hydrogen-bond acceptors (Lipinski definition) is 0. The Morgan fingerprint density at radius 3 is 2.36 bits per heavy atom. The molecule has 11 heavy (non-hydrogen) atoms. The summed E-state index contributed by atoms with van der Waals surface area (Å²) in [6.45, 7) is 0. The fourth-order valence-electron chi connectivity index (χ4n) is 0.656. The van der Waals surface area contributed by atoms with Crippen molar-refractivity contribution in [2.45, 2.75) is 0 Å². The summed E-state index contributed by atoms with van der Waals surface area (Å²) in [4.78, 5) is 0. The Labute approximate surface area is 87.8 Å². The van der Waals surface area contributed by atoms with Crippen LogP contribution in [0, 0.1) is 0 Å². The second kappa shape index (κ2) is 3.93. The van der Waals surface area contributed by atoms with Gasteiger partial charge in [-0.2, -0.15) is 0 Å². The van der Waals surface area contributed by atoms with Crippen molar-refractivity contribution in [3.8, 4) is 0 Å². The minimum absolute atomic E-state index is 0.484. The predicted octanol–water partition coefficient (Wildman–Crippen LogP) is 2.88. The molecule has 58 valence electrons. The summed E-state index contributed by atoms with van der Waals surface area (Å²) in [6, 6.07) is 5.31. The standard InChI is InChI=1S/C7H3Cl3Se/c8-5-3-1-2-4(6(5)9)7(10)11/h1-3H. The molecule has 1 aromatic rings. The molecular formula is C7H3Cl3Se. The van der Waals surface area contributed by atoms with Gasteiger partial charge >= 0.3 is 88.1 Å². The summed E-state index contributed by atoms with van der Waals surface area (Å²) < 4.78 is 0.525. The van der Waals surface area contributed by atoms with Crippen molar-refractivity contribution in [1.82, 2.24) is 0 Å². The van der Waals surface area contributed by atoms with E-state index in [1.54, 1.807) is 18.2 Å². The first-order valence-electron chi connectivity index (χ1n) is 2.77. The molecule has 0 heterocycles. The molecule has 0 bridgehead atoms. The molecule has 0 aromatic heterocycles. The first kappa shape index (κ1) is 9.57. The van der Waals surface area contributed by atoms with Crippen molar-refractivity contribution in [2.75, 3.05) is 0 Å². The van der Waals surface area contributed by atoms with E-state index in [1.807, 2.05) is 0 Å². The van der Waals surface area contributed by atoms with Crippen LogP contribution in [0.2, 0.25) is 10.0 Å². The number of rotatable bonds is 1. The first-order valence-corrected chi connectivity index (χ1v) is 4.76. The van der Waals surface area contributed by atoms with E-state index in [0.717, 1.165) is 5.56 Å². The van der Waals surface area contributed by atoms with Crippen molar-refractivity contribution in [2.24, 2.45) is 0 Å². The minimum atomic E-state index is 0.484. The van der Waals surface area contributed by atoms with Crippen LogP contribution in [-0.2, 0) is 0 Å². The molecule has 0 aliphatic heterocycles. The van der Waals surface area contributed by atoms with Gasteiger partial charge in [0.05, 0.1) is 0 Å². The summed E-state index contributed by atoms with van der Waals surface area (Å²) in [5, 5.41) is 0.996. The van der Waals surface area contributed by atoms with Gasteiger partial charge in [0.15, 0.2) is 0 Å². The summed E-state index contributed by atoms with van der Waals surface area (Å²) in [7, 11) is 0. The normalized spacial score (nSPS) is 9.73.